The highest BCUT2D eigenvalue weighted by molar-refractivity contribution is 6.31. The summed E-state index contributed by atoms with van der Waals surface area (Å²) in [5, 5.41) is 9.33. The zero-order chi connectivity index (χ0) is 12.8. The van der Waals surface area contributed by atoms with E-state index in [2.05, 4.69) is 0 Å². The van der Waals surface area contributed by atoms with E-state index in [1.54, 1.807) is 6.07 Å². The van der Waals surface area contributed by atoms with E-state index in [1.807, 2.05) is 0 Å². The first-order valence-electron chi connectivity index (χ1n) is 4.76. The van der Waals surface area contributed by atoms with Gasteiger partial charge >= 0.3 is 5.97 Å². The molecule has 0 atom stereocenters. The van der Waals surface area contributed by atoms with Gasteiger partial charge in [0.1, 0.15) is 18.1 Å². The summed E-state index contributed by atoms with van der Waals surface area (Å²) in [6, 6.07) is 2.94. The Labute approximate surface area is 104 Å². The molecule has 0 aliphatic heterocycles. The largest absolute Gasteiger partial charge is 0.495 e. The molecule has 0 aliphatic rings. The van der Waals surface area contributed by atoms with Crippen LogP contribution in [0.5, 0.6) is 5.75 Å². The summed E-state index contributed by atoms with van der Waals surface area (Å²) in [6.45, 7) is 0.274. The van der Waals surface area contributed by atoms with Gasteiger partial charge in [-0.15, -0.1) is 0 Å². The van der Waals surface area contributed by atoms with Crippen LogP contribution in [-0.4, -0.2) is 32.1 Å². The van der Waals surface area contributed by atoms with Crippen molar-refractivity contribution in [3.05, 3.63) is 28.3 Å². The number of carboxylic acid groups (broad SMARTS) is 1. The molecule has 5 nitrogen and oxygen atoms in total. The molecule has 0 heterocycles. The fraction of sp³-hybridized carbons (Fsp3) is 0.364. The zero-order valence-corrected chi connectivity index (χ0v) is 10.3. The summed E-state index contributed by atoms with van der Waals surface area (Å²) in [4.78, 5) is 11.0. The maximum atomic E-state index is 11.0. The van der Waals surface area contributed by atoms with E-state index in [1.165, 1.54) is 20.3 Å². The van der Waals surface area contributed by atoms with Gasteiger partial charge in [-0.3, -0.25) is 0 Å². The van der Waals surface area contributed by atoms with Crippen LogP contribution < -0.4 is 4.74 Å². The minimum atomic E-state index is -1.10. The highest BCUT2D eigenvalue weighted by atomic mass is 35.5. The standard InChI is InChI=1S/C11H13ClO5/c1-15-6-17-5-7-3-8(12)4-9(11(13)14)10(7)16-2/h3-4H,5-6H2,1-2H3,(H,13,14). The van der Waals surface area contributed by atoms with Crippen molar-refractivity contribution in [1.82, 2.24) is 0 Å². The molecule has 0 saturated carbocycles. The van der Waals surface area contributed by atoms with Gasteiger partial charge in [-0.25, -0.2) is 4.79 Å². The van der Waals surface area contributed by atoms with Gasteiger partial charge in [-0.1, -0.05) is 11.6 Å². The number of carbonyl (C=O) groups is 1. The third kappa shape index (κ3) is 3.59. The predicted molar refractivity (Wildman–Crippen MR) is 61.6 cm³/mol. The number of halogens is 1. The molecule has 0 radical (unpaired) electrons. The molecule has 6 heteroatoms. The molecule has 0 saturated heterocycles. The molecule has 0 bridgehead atoms. The van der Waals surface area contributed by atoms with Crippen molar-refractivity contribution in [2.24, 2.45) is 0 Å². The first-order chi connectivity index (χ1) is 8.10. The van der Waals surface area contributed by atoms with Gasteiger partial charge in [0.05, 0.1) is 13.7 Å². The molecule has 1 aromatic carbocycles. The lowest BCUT2D eigenvalue weighted by Crippen LogP contribution is -2.05. The minimum Gasteiger partial charge on any atom is -0.495 e. The Balaban J connectivity index is 3.05. The Kier molecular flexibility index (Phi) is 5.21. The fourth-order valence-electron chi connectivity index (χ4n) is 1.39. The lowest BCUT2D eigenvalue weighted by atomic mass is 10.1. The van der Waals surface area contributed by atoms with E-state index in [0.29, 0.717) is 10.6 Å². The number of hydrogen-bond acceptors (Lipinski definition) is 4. The molecule has 17 heavy (non-hydrogen) atoms. The number of rotatable bonds is 6. The van der Waals surface area contributed by atoms with Gasteiger partial charge in [-0.2, -0.15) is 0 Å². The molecular weight excluding hydrogens is 248 g/mol. The first-order valence-corrected chi connectivity index (χ1v) is 5.14. The van der Waals surface area contributed by atoms with Crippen molar-refractivity contribution in [3.8, 4) is 5.75 Å². The van der Waals surface area contributed by atoms with Crippen LogP contribution in [0.3, 0.4) is 0 Å². The molecule has 0 aliphatic carbocycles. The Morgan fingerprint density at radius 2 is 2.12 bits per heavy atom. The molecule has 1 aromatic rings. The van der Waals surface area contributed by atoms with Crippen LogP contribution in [0, 0.1) is 0 Å². The topological polar surface area (TPSA) is 65.0 Å². The van der Waals surface area contributed by atoms with Crippen LogP contribution in [0.2, 0.25) is 5.02 Å². The lowest BCUT2D eigenvalue weighted by Gasteiger charge is -2.12. The summed E-state index contributed by atoms with van der Waals surface area (Å²) in [7, 11) is 2.90. The van der Waals surface area contributed by atoms with E-state index >= 15 is 0 Å². The van der Waals surface area contributed by atoms with Crippen LogP contribution in [-0.2, 0) is 16.1 Å². The average molecular weight is 261 g/mol. The van der Waals surface area contributed by atoms with Crippen LogP contribution in [0.4, 0.5) is 0 Å². The molecule has 0 spiro atoms. The first kappa shape index (κ1) is 13.8. The van der Waals surface area contributed by atoms with E-state index in [0.717, 1.165) is 0 Å². The average Bonchev–Trinajstić information content (AvgIpc) is 2.28. The van der Waals surface area contributed by atoms with Crippen LogP contribution in [0.15, 0.2) is 12.1 Å². The highest BCUT2D eigenvalue weighted by Gasteiger charge is 2.16. The molecule has 1 rings (SSSR count). The van der Waals surface area contributed by atoms with Gasteiger partial charge in [0.2, 0.25) is 0 Å². The van der Waals surface area contributed by atoms with Gasteiger partial charge in [0.15, 0.2) is 0 Å². The summed E-state index contributed by atoms with van der Waals surface area (Å²) in [5.41, 5.74) is 0.575. The van der Waals surface area contributed by atoms with Crippen molar-refractivity contribution in [2.75, 3.05) is 21.0 Å². The van der Waals surface area contributed by atoms with Crippen molar-refractivity contribution in [1.29, 1.82) is 0 Å². The van der Waals surface area contributed by atoms with Gasteiger partial charge in [0.25, 0.3) is 0 Å². The van der Waals surface area contributed by atoms with Crippen LogP contribution in [0.25, 0.3) is 0 Å². The number of ether oxygens (including phenoxy) is 3. The van der Waals surface area contributed by atoms with Crippen LogP contribution in [0.1, 0.15) is 15.9 Å². The number of carboxylic acids is 1. The van der Waals surface area contributed by atoms with Crippen molar-refractivity contribution in [2.45, 2.75) is 6.61 Å². The second-order valence-corrected chi connectivity index (χ2v) is 3.64. The van der Waals surface area contributed by atoms with E-state index in [9.17, 15) is 4.79 Å². The molecule has 0 unspecified atom stereocenters. The summed E-state index contributed by atoms with van der Waals surface area (Å²) in [6.07, 6.45) is 0. The highest BCUT2D eigenvalue weighted by Crippen LogP contribution is 2.28. The number of methoxy groups -OCH3 is 2. The van der Waals surface area contributed by atoms with Crippen molar-refractivity contribution < 1.29 is 24.1 Å². The van der Waals surface area contributed by atoms with E-state index in [-0.39, 0.29) is 24.7 Å². The molecule has 94 valence electrons. The SMILES string of the molecule is COCOCc1cc(Cl)cc(C(=O)O)c1OC. The molecular formula is C11H13ClO5. The van der Waals surface area contributed by atoms with Gasteiger partial charge in [-0.05, 0) is 12.1 Å². The third-order valence-corrected chi connectivity index (χ3v) is 2.24. The van der Waals surface area contributed by atoms with Crippen molar-refractivity contribution >= 4 is 17.6 Å². The molecule has 0 aromatic heterocycles. The minimum absolute atomic E-state index is 0.0102. The molecule has 1 N–H and O–H groups in total. The monoisotopic (exact) mass is 260 g/mol. The Morgan fingerprint density at radius 3 is 2.65 bits per heavy atom. The van der Waals surface area contributed by atoms with Gasteiger partial charge < -0.3 is 19.3 Å². The second-order valence-electron chi connectivity index (χ2n) is 3.21. The van der Waals surface area contributed by atoms with Crippen LogP contribution >= 0.6 is 11.6 Å². The lowest BCUT2D eigenvalue weighted by molar-refractivity contribution is -0.0395. The van der Waals surface area contributed by atoms with E-state index < -0.39 is 5.97 Å². The third-order valence-electron chi connectivity index (χ3n) is 2.02. The predicted octanol–water partition coefficient (Wildman–Crippen LogP) is 2.17. The Morgan fingerprint density at radius 1 is 1.41 bits per heavy atom. The number of hydrogen-bond donors (Lipinski definition) is 1. The Hall–Kier alpha value is -1.30. The molecule has 0 fully saturated rings. The fourth-order valence-corrected chi connectivity index (χ4v) is 1.63. The maximum Gasteiger partial charge on any atom is 0.339 e. The second kappa shape index (κ2) is 6.44. The molecule has 0 amide bonds. The number of aromatic carboxylic acids is 1. The van der Waals surface area contributed by atoms with Gasteiger partial charge in [0, 0.05) is 17.7 Å². The van der Waals surface area contributed by atoms with Crippen molar-refractivity contribution in [3.63, 3.8) is 0 Å². The normalized spacial score (nSPS) is 10.3. The quantitative estimate of drug-likeness (QED) is 0.627. The zero-order valence-electron chi connectivity index (χ0n) is 9.53. The maximum absolute atomic E-state index is 11.0. The smallest absolute Gasteiger partial charge is 0.339 e. The Bertz CT molecular complexity index is 405. The number of benzene rings is 1. The summed E-state index contributed by atoms with van der Waals surface area (Å²) in [5.74, 6) is -0.852. The van der Waals surface area contributed by atoms with E-state index in [4.69, 9.17) is 30.9 Å². The summed E-state index contributed by atoms with van der Waals surface area (Å²) < 4.78 is 14.9. The summed E-state index contributed by atoms with van der Waals surface area (Å²) >= 11 is 5.83.